The highest BCUT2D eigenvalue weighted by atomic mass is 15.3. The summed E-state index contributed by atoms with van der Waals surface area (Å²) in [4.78, 5) is 9.83. The molecule has 4 nitrogen and oxygen atoms in total. The van der Waals surface area contributed by atoms with Gasteiger partial charge >= 0.3 is 0 Å². The van der Waals surface area contributed by atoms with Crippen LogP contribution >= 0.6 is 0 Å². The van der Waals surface area contributed by atoms with Crippen LogP contribution in [-0.4, -0.2) is 48.6 Å². The number of anilines is 1. The van der Waals surface area contributed by atoms with Gasteiger partial charge in [-0.2, -0.15) is 0 Å². The molecule has 0 bridgehead atoms. The fourth-order valence-electron chi connectivity index (χ4n) is 3.46. The summed E-state index contributed by atoms with van der Waals surface area (Å²) in [5, 5.41) is 3.42. The lowest BCUT2D eigenvalue weighted by molar-refractivity contribution is 0.133. The summed E-state index contributed by atoms with van der Waals surface area (Å²) in [6.07, 6.45) is 6.05. The number of hydrogen-bond donors (Lipinski definition) is 1. The molecular weight excluding hydrogens is 248 g/mol. The highest BCUT2D eigenvalue weighted by molar-refractivity contribution is 5.47. The van der Waals surface area contributed by atoms with E-state index in [4.69, 9.17) is 0 Å². The van der Waals surface area contributed by atoms with Crippen molar-refractivity contribution in [2.45, 2.75) is 38.8 Å². The molecule has 1 unspecified atom stereocenters. The Morgan fingerprint density at radius 3 is 3.15 bits per heavy atom. The Kier molecular flexibility index (Phi) is 4.53. The van der Waals surface area contributed by atoms with Gasteiger partial charge in [0, 0.05) is 44.0 Å². The quantitative estimate of drug-likeness (QED) is 0.908. The van der Waals surface area contributed by atoms with E-state index in [1.54, 1.807) is 0 Å². The van der Waals surface area contributed by atoms with Crippen molar-refractivity contribution < 1.29 is 0 Å². The first-order chi connectivity index (χ1) is 9.88. The number of rotatable bonds is 4. The van der Waals surface area contributed by atoms with Gasteiger partial charge < -0.3 is 10.2 Å². The molecule has 0 saturated carbocycles. The van der Waals surface area contributed by atoms with E-state index in [-0.39, 0.29) is 0 Å². The molecule has 2 aliphatic heterocycles. The van der Waals surface area contributed by atoms with Gasteiger partial charge in [-0.1, -0.05) is 19.4 Å². The van der Waals surface area contributed by atoms with E-state index in [2.05, 4.69) is 33.1 Å². The average Bonchev–Trinajstić information content (AvgIpc) is 2.53. The lowest BCUT2D eigenvalue weighted by Gasteiger charge is -2.44. The molecule has 0 aromatic carbocycles. The van der Waals surface area contributed by atoms with Gasteiger partial charge in [-0.15, -0.1) is 0 Å². The zero-order valence-corrected chi connectivity index (χ0v) is 12.5. The van der Waals surface area contributed by atoms with Crippen molar-refractivity contribution in [1.29, 1.82) is 0 Å². The van der Waals surface area contributed by atoms with Gasteiger partial charge in [-0.25, -0.2) is 4.98 Å². The SMILES string of the molecule is CCNCc1cccnc1N1CCN2CCCCC2C1. The monoisotopic (exact) mass is 274 g/mol. The lowest BCUT2D eigenvalue weighted by atomic mass is 9.99. The molecule has 2 saturated heterocycles. The average molecular weight is 274 g/mol. The molecule has 1 aromatic rings. The molecule has 20 heavy (non-hydrogen) atoms. The normalized spacial score (nSPS) is 23.6. The first-order valence-electron chi connectivity index (χ1n) is 8.02. The number of hydrogen-bond acceptors (Lipinski definition) is 4. The predicted octanol–water partition coefficient (Wildman–Crippen LogP) is 1.87. The Morgan fingerprint density at radius 2 is 2.25 bits per heavy atom. The third kappa shape index (κ3) is 2.96. The molecule has 110 valence electrons. The fraction of sp³-hybridized carbons (Fsp3) is 0.688. The molecule has 2 fully saturated rings. The Morgan fingerprint density at radius 1 is 1.30 bits per heavy atom. The summed E-state index contributed by atoms with van der Waals surface area (Å²) < 4.78 is 0. The van der Waals surface area contributed by atoms with E-state index >= 15 is 0 Å². The number of pyridine rings is 1. The topological polar surface area (TPSA) is 31.4 Å². The van der Waals surface area contributed by atoms with Crippen LogP contribution in [0, 0.1) is 0 Å². The van der Waals surface area contributed by atoms with Gasteiger partial charge in [-0.05, 0) is 32.0 Å². The summed E-state index contributed by atoms with van der Waals surface area (Å²) in [5.41, 5.74) is 1.33. The molecule has 0 aliphatic carbocycles. The van der Waals surface area contributed by atoms with Crippen molar-refractivity contribution in [2.75, 3.05) is 37.6 Å². The first kappa shape index (κ1) is 13.8. The number of nitrogens with one attached hydrogen (secondary N) is 1. The van der Waals surface area contributed by atoms with Gasteiger partial charge in [-0.3, -0.25) is 4.90 Å². The molecule has 0 amide bonds. The number of aromatic nitrogens is 1. The molecule has 2 aliphatic rings. The van der Waals surface area contributed by atoms with E-state index in [0.717, 1.165) is 32.2 Å². The summed E-state index contributed by atoms with van der Waals surface area (Å²) >= 11 is 0. The van der Waals surface area contributed by atoms with Gasteiger partial charge in [0.25, 0.3) is 0 Å². The summed E-state index contributed by atoms with van der Waals surface area (Å²) in [6, 6.07) is 5.00. The van der Waals surface area contributed by atoms with Crippen molar-refractivity contribution in [3.8, 4) is 0 Å². The minimum Gasteiger partial charge on any atom is -0.353 e. The Hall–Kier alpha value is -1.13. The minimum absolute atomic E-state index is 0.742. The van der Waals surface area contributed by atoms with Crippen molar-refractivity contribution in [2.24, 2.45) is 0 Å². The maximum Gasteiger partial charge on any atom is 0.133 e. The largest absolute Gasteiger partial charge is 0.353 e. The molecule has 3 rings (SSSR count). The van der Waals surface area contributed by atoms with Crippen molar-refractivity contribution >= 4 is 5.82 Å². The van der Waals surface area contributed by atoms with Gasteiger partial charge in [0.15, 0.2) is 0 Å². The smallest absolute Gasteiger partial charge is 0.133 e. The Labute approximate surface area is 122 Å². The second kappa shape index (κ2) is 6.55. The van der Waals surface area contributed by atoms with Crippen LogP contribution in [0.25, 0.3) is 0 Å². The zero-order chi connectivity index (χ0) is 13.8. The van der Waals surface area contributed by atoms with E-state index in [1.165, 1.54) is 43.7 Å². The van der Waals surface area contributed by atoms with Crippen LogP contribution in [0.2, 0.25) is 0 Å². The van der Waals surface area contributed by atoms with Crippen molar-refractivity contribution in [3.63, 3.8) is 0 Å². The third-order valence-corrected chi connectivity index (χ3v) is 4.57. The highest BCUT2D eigenvalue weighted by Crippen LogP contribution is 2.25. The maximum absolute atomic E-state index is 4.66. The Balaban J connectivity index is 1.72. The molecule has 1 aromatic heterocycles. The number of piperidine rings is 1. The van der Waals surface area contributed by atoms with Gasteiger partial charge in [0.05, 0.1) is 0 Å². The molecule has 3 heterocycles. The van der Waals surface area contributed by atoms with Crippen molar-refractivity contribution in [1.82, 2.24) is 15.2 Å². The van der Waals surface area contributed by atoms with Crippen LogP contribution in [0.3, 0.4) is 0 Å². The van der Waals surface area contributed by atoms with Crippen LogP contribution < -0.4 is 10.2 Å². The van der Waals surface area contributed by atoms with Crippen LogP contribution in [0.1, 0.15) is 31.7 Å². The molecule has 1 atom stereocenters. The first-order valence-corrected chi connectivity index (χ1v) is 8.02. The second-order valence-electron chi connectivity index (χ2n) is 5.90. The van der Waals surface area contributed by atoms with E-state index in [0.29, 0.717) is 0 Å². The molecule has 0 radical (unpaired) electrons. The van der Waals surface area contributed by atoms with Gasteiger partial charge in [0.2, 0.25) is 0 Å². The summed E-state index contributed by atoms with van der Waals surface area (Å²) in [7, 11) is 0. The van der Waals surface area contributed by atoms with E-state index < -0.39 is 0 Å². The molecule has 4 heteroatoms. The predicted molar refractivity (Wildman–Crippen MR) is 83.0 cm³/mol. The maximum atomic E-state index is 4.66. The van der Waals surface area contributed by atoms with Crippen LogP contribution in [0.4, 0.5) is 5.82 Å². The lowest BCUT2D eigenvalue weighted by Crippen LogP contribution is -2.55. The summed E-state index contributed by atoms with van der Waals surface area (Å²) in [6.45, 7) is 8.84. The highest BCUT2D eigenvalue weighted by Gasteiger charge is 2.29. The van der Waals surface area contributed by atoms with Crippen LogP contribution in [0.5, 0.6) is 0 Å². The third-order valence-electron chi connectivity index (χ3n) is 4.57. The standard InChI is InChI=1S/C16H26N4/c1-2-17-12-14-6-5-8-18-16(14)20-11-10-19-9-4-3-7-15(19)13-20/h5-6,8,15,17H,2-4,7,9-13H2,1H3. The zero-order valence-electron chi connectivity index (χ0n) is 12.5. The molecule has 1 N–H and O–H groups in total. The molecular formula is C16H26N4. The van der Waals surface area contributed by atoms with E-state index in [1.807, 2.05) is 12.3 Å². The fourth-order valence-corrected chi connectivity index (χ4v) is 3.46. The second-order valence-corrected chi connectivity index (χ2v) is 5.90. The van der Waals surface area contributed by atoms with Crippen LogP contribution in [-0.2, 0) is 6.54 Å². The van der Waals surface area contributed by atoms with Gasteiger partial charge in [0.1, 0.15) is 5.82 Å². The van der Waals surface area contributed by atoms with E-state index in [9.17, 15) is 0 Å². The van der Waals surface area contributed by atoms with Crippen LogP contribution in [0.15, 0.2) is 18.3 Å². The Bertz CT molecular complexity index is 434. The number of fused-ring (bicyclic) bond motifs is 1. The minimum atomic E-state index is 0.742. The number of piperazine rings is 1. The summed E-state index contributed by atoms with van der Waals surface area (Å²) in [5.74, 6) is 1.19. The molecule has 0 spiro atoms. The number of nitrogens with zero attached hydrogens (tertiary/aromatic N) is 3. The van der Waals surface area contributed by atoms with Crippen molar-refractivity contribution in [3.05, 3.63) is 23.9 Å².